The average molecular weight is 394 g/mol. The van der Waals surface area contributed by atoms with E-state index in [9.17, 15) is 22.8 Å². The van der Waals surface area contributed by atoms with Crippen molar-refractivity contribution in [3.63, 3.8) is 0 Å². The van der Waals surface area contributed by atoms with E-state index in [0.717, 1.165) is 6.07 Å². The standard InChI is InChI=1S/C18H17F3N4O3/c1-17(2)15(26)25(12-5-3-4-6-13(12)28-18(19,20)21)16(27)24(17)10-11-7-8-23-14(22)9-11/h3-9H,10H2,1-2H3,(H2,22,23). The van der Waals surface area contributed by atoms with Crippen LogP contribution in [0.1, 0.15) is 19.4 Å². The monoisotopic (exact) mass is 394 g/mol. The van der Waals surface area contributed by atoms with Crippen molar-refractivity contribution in [3.05, 3.63) is 48.2 Å². The van der Waals surface area contributed by atoms with Crippen LogP contribution in [0.3, 0.4) is 0 Å². The Morgan fingerprint density at radius 1 is 1.18 bits per heavy atom. The summed E-state index contributed by atoms with van der Waals surface area (Å²) >= 11 is 0. The Hall–Kier alpha value is -3.30. The molecule has 0 atom stereocenters. The SMILES string of the molecule is CC1(C)C(=O)N(c2ccccc2OC(F)(F)F)C(=O)N1Cc1ccnc(N)c1. The van der Waals surface area contributed by atoms with Gasteiger partial charge >= 0.3 is 12.4 Å². The molecule has 1 aliphatic heterocycles. The molecule has 2 aromatic rings. The first kappa shape index (κ1) is 19.5. The molecule has 1 aromatic heterocycles. The van der Waals surface area contributed by atoms with Crippen molar-refractivity contribution in [1.29, 1.82) is 0 Å². The van der Waals surface area contributed by atoms with Gasteiger partial charge in [0.05, 0.1) is 5.69 Å². The maximum atomic E-state index is 13.0. The fraction of sp³-hybridized carbons (Fsp3) is 0.278. The number of rotatable bonds is 4. The molecule has 0 bridgehead atoms. The van der Waals surface area contributed by atoms with Gasteiger partial charge in [-0.1, -0.05) is 12.1 Å². The van der Waals surface area contributed by atoms with E-state index < -0.39 is 29.6 Å². The molecule has 148 valence electrons. The number of carbonyl (C=O) groups is 2. The molecule has 2 N–H and O–H groups in total. The Labute approximate surface area is 158 Å². The number of halogens is 3. The summed E-state index contributed by atoms with van der Waals surface area (Å²) in [5, 5.41) is 0. The molecule has 0 aliphatic carbocycles. The van der Waals surface area contributed by atoms with Gasteiger partial charge in [0, 0.05) is 12.7 Å². The fourth-order valence-electron chi connectivity index (χ4n) is 2.94. The summed E-state index contributed by atoms with van der Waals surface area (Å²) in [5.74, 6) is -1.06. The molecule has 2 heterocycles. The number of amides is 3. The largest absolute Gasteiger partial charge is 0.573 e. The highest BCUT2D eigenvalue weighted by atomic mass is 19.4. The van der Waals surface area contributed by atoms with Gasteiger partial charge in [-0.3, -0.25) is 4.79 Å². The quantitative estimate of drug-likeness (QED) is 0.804. The molecule has 1 saturated heterocycles. The maximum absolute atomic E-state index is 13.0. The van der Waals surface area contributed by atoms with E-state index in [4.69, 9.17) is 5.73 Å². The van der Waals surface area contributed by atoms with Crippen LogP contribution in [-0.2, 0) is 11.3 Å². The van der Waals surface area contributed by atoms with Crippen LogP contribution >= 0.6 is 0 Å². The van der Waals surface area contributed by atoms with Gasteiger partial charge in [-0.05, 0) is 43.7 Å². The minimum atomic E-state index is -4.97. The Morgan fingerprint density at radius 2 is 1.86 bits per heavy atom. The van der Waals surface area contributed by atoms with Crippen molar-refractivity contribution < 1.29 is 27.5 Å². The van der Waals surface area contributed by atoms with E-state index in [0.29, 0.717) is 10.5 Å². The number of nitrogens with zero attached hydrogens (tertiary/aromatic N) is 3. The lowest BCUT2D eigenvalue weighted by atomic mass is 10.0. The number of pyridine rings is 1. The van der Waals surface area contributed by atoms with Crippen molar-refractivity contribution in [1.82, 2.24) is 9.88 Å². The number of ether oxygens (including phenoxy) is 1. The molecule has 3 amide bonds. The molecular formula is C18H17F3N4O3. The van der Waals surface area contributed by atoms with Gasteiger partial charge in [0.2, 0.25) is 0 Å². The number of carbonyl (C=O) groups excluding carboxylic acids is 2. The zero-order valence-corrected chi connectivity index (χ0v) is 15.0. The predicted octanol–water partition coefficient (Wildman–Crippen LogP) is 3.31. The molecule has 0 spiro atoms. The highest BCUT2D eigenvalue weighted by molar-refractivity contribution is 6.23. The molecule has 0 radical (unpaired) electrons. The van der Waals surface area contributed by atoms with Gasteiger partial charge in [-0.25, -0.2) is 14.7 Å². The van der Waals surface area contributed by atoms with Gasteiger partial charge in [-0.15, -0.1) is 13.2 Å². The molecule has 0 saturated carbocycles. The molecule has 3 rings (SSSR count). The lowest BCUT2D eigenvalue weighted by molar-refractivity contribution is -0.274. The first-order valence-electron chi connectivity index (χ1n) is 8.22. The maximum Gasteiger partial charge on any atom is 0.573 e. The van der Waals surface area contributed by atoms with Crippen LogP contribution in [0.25, 0.3) is 0 Å². The number of nitrogen functional groups attached to an aromatic ring is 1. The summed E-state index contributed by atoms with van der Waals surface area (Å²) in [6, 6.07) is 7.42. The summed E-state index contributed by atoms with van der Waals surface area (Å²) < 4.78 is 42.1. The first-order valence-corrected chi connectivity index (χ1v) is 8.22. The summed E-state index contributed by atoms with van der Waals surface area (Å²) in [7, 11) is 0. The smallest absolute Gasteiger partial charge is 0.404 e. The van der Waals surface area contributed by atoms with Gasteiger partial charge in [0.15, 0.2) is 5.75 Å². The van der Waals surface area contributed by atoms with Gasteiger partial charge < -0.3 is 15.4 Å². The first-order chi connectivity index (χ1) is 13.0. The number of alkyl halides is 3. The molecule has 1 aromatic carbocycles. The van der Waals surface area contributed by atoms with E-state index in [1.807, 2.05) is 0 Å². The molecule has 1 fully saturated rings. The molecule has 0 unspecified atom stereocenters. The molecular weight excluding hydrogens is 377 g/mol. The van der Waals surface area contributed by atoms with Crippen molar-refractivity contribution in [2.45, 2.75) is 32.3 Å². The highest BCUT2D eigenvalue weighted by Crippen LogP contribution is 2.39. The zero-order valence-electron chi connectivity index (χ0n) is 15.0. The Morgan fingerprint density at radius 3 is 2.50 bits per heavy atom. The van der Waals surface area contributed by atoms with Crippen LogP contribution in [0, 0.1) is 0 Å². The molecule has 28 heavy (non-hydrogen) atoms. The van der Waals surface area contributed by atoms with Gasteiger partial charge in [-0.2, -0.15) is 0 Å². The number of imide groups is 1. The van der Waals surface area contributed by atoms with Crippen LogP contribution in [0.2, 0.25) is 0 Å². The van der Waals surface area contributed by atoms with Crippen molar-refractivity contribution in [2.75, 3.05) is 10.6 Å². The predicted molar refractivity (Wildman–Crippen MR) is 94.3 cm³/mol. The van der Waals surface area contributed by atoms with Crippen molar-refractivity contribution >= 4 is 23.4 Å². The topological polar surface area (TPSA) is 88.8 Å². The third-order valence-corrected chi connectivity index (χ3v) is 4.34. The van der Waals surface area contributed by atoms with E-state index in [1.165, 1.54) is 43.1 Å². The fourth-order valence-corrected chi connectivity index (χ4v) is 2.94. The van der Waals surface area contributed by atoms with Crippen LogP contribution in [0.4, 0.5) is 29.5 Å². The number of aromatic nitrogens is 1. The van der Waals surface area contributed by atoms with Crippen LogP contribution in [0.15, 0.2) is 42.6 Å². The van der Waals surface area contributed by atoms with Gasteiger partial charge in [0.1, 0.15) is 11.4 Å². The highest BCUT2D eigenvalue weighted by Gasteiger charge is 2.52. The second-order valence-corrected chi connectivity index (χ2v) is 6.67. The van der Waals surface area contributed by atoms with E-state index in [1.54, 1.807) is 12.1 Å². The number of anilines is 2. The van der Waals surface area contributed by atoms with Crippen LogP contribution in [0.5, 0.6) is 5.75 Å². The average Bonchev–Trinajstić information content (AvgIpc) is 2.74. The molecule has 10 heteroatoms. The summed E-state index contributed by atoms with van der Waals surface area (Å²) in [4.78, 5) is 31.7. The third-order valence-electron chi connectivity index (χ3n) is 4.34. The molecule has 7 nitrogen and oxygen atoms in total. The Kier molecular flexibility index (Phi) is 4.66. The van der Waals surface area contributed by atoms with E-state index >= 15 is 0 Å². The normalized spacial score (nSPS) is 16.6. The Bertz CT molecular complexity index is 930. The minimum Gasteiger partial charge on any atom is -0.404 e. The van der Waals surface area contributed by atoms with Crippen molar-refractivity contribution in [3.8, 4) is 5.75 Å². The van der Waals surface area contributed by atoms with Crippen LogP contribution in [-0.4, -0.2) is 33.7 Å². The number of nitrogens with two attached hydrogens (primary N) is 1. The number of hydrogen-bond donors (Lipinski definition) is 1. The second kappa shape index (κ2) is 6.70. The lowest BCUT2D eigenvalue weighted by Crippen LogP contribution is -2.43. The second-order valence-electron chi connectivity index (χ2n) is 6.67. The third kappa shape index (κ3) is 3.57. The van der Waals surface area contributed by atoms with Gasteiger partial charge in [0.25, 0.3) is 5.91 Å². The van der Waals surface area contributed by atoms with Crippen LogP contribution < -0.4 is 15.4 Å². The summed E-state index contributed by atoms with van der Waals surface area (Å²) in [5.41, 5.74) is 4.70. The Balaban J connectivity index is 1.98. The summed E-state index contributed by atoms with van der Waals surface area (Å²) in [6.45, 7) is 3.07. The zero-order chi connectivity index (χ0) is 20.7. The van der Waals surface area contributed by atoms with E-state index in [2.05, 4.69) is 9.72 Å². The lowest BCUT2D eigenvalue weighted by Gasteiger charge is -2.27. The number of hydrogen-bond acceptors (Lipinski definition) is 5. The molecule has 1 aliphatic rings. The summed E-state index contributed by atoms with van der Waals surface area (Å²) in [6.07, 6.45) is -3.50. The van der Waals surface area contributed by atoms with E-state index in [-0.39, 0.29) is 18.1 Å². The van der Waals surface area contributed by atoms with Crippen molar-refractivity contribution in [2.24, 2.45) is 0 Å². The number of benzene rings is 1. The number of para-hydroxylation sites is 2. The number of urea groups is 1. The minimum absolute atomic E-state index is 0.0308.